The lowest BCUT2D eigenvalue weighted by molar-refractivity contribution is -0.120. The van der Waals surface area contributed by atoms with Gasteiger partial charge in [0.25, 0.3) is 0 Å². The lowest BCUT2D eigenvalue weighted by atomic mass is 10.3. The van der Waals surface area contributed by atoms with E-state index in [0.717, 1.165) is 28.1 Å². The fraction of sp³-hybridized carbons (Fsp3) is 0.211. The summed E-state index contributed by atoms with van der Waals surface area (Å²) in [6, 6.07) is 15.3. The smallest absolute Gasteiger partial charge is 0.226 e. The molecular weight excluding hydrogens is 348 g/mol. The molecular formula is C19H20N4O2S. The Morgan fingerprint density at radius 2 is 1.96 bits per heavy atom. The fourth-order valence-corrected chi connectivity index (χ4v) is 2.99. The van der Waals surface area contributed by atoms with Gasteiger partial charge in [-0.1, -0.05) is 24.3 Å². The number of anilines is 2. The van der Waals surface area contributed by atoms with Crippen molar-refractivity contribution in [3.63, 3.8) is 0 Å². The summed E-state index contributed by atoms with van der Waals surface area (Å²) >= 11 is 1.45. The molecule has 0 spiro atoms. The molecule has 7 heteroatoms. The number of thiazole rings is 1. The number of nitrogens with zero attached hydrogens (tertiary/aromatic N) is 2. The van der Waals surface area contributed by atoms with Gasteiger partial charge in [0.1, 0.15) is 18.2 Å². The van der Waals surface area contributed by atoms with Crippen LogP contribution in [-0.4, -0.2) is 29.0 Å². The maximum Gasteiger partial charge on any atom is 0.226 e. The number of aromatic nitrogens is 2. The first kappa shape index (κ1) is 17.9. The van der Waals surface area contributed by atoms with E-state index < -0.39 is 0 Å². The van der Waals surface area contributed by atoms with E-state index in [1.807, 2.05) is 60.8 Å². The summed E-state index contributed by atoms with van der Waals surface area (Å²) in [6.45, 7) is 2.82. The Morgan fingerprint density at radius 3 is 2.77 bits per heavy atom. The maximum atomic E-state index is 12.0. The fourth-order valence-electron chi connectivity index (χ4n) is 2.27. The highest BCUT2D eigenvalue weighted by Crippen LogP contribution is 2.20. The van der Waals surface area contributed by atoms with Crippen molar-refractivity contribution in [3.05, 3.63) is 65.3 Å². The summed E-state index contributed by atoms with van der Waals surface area (Å²) in [5, 5.41) is 8.58. The number of ether oxygens (including phenoxy) is 1. The molecule has 2 heterocycles. The van der Waals surface area contributed by atoms with Crippen molar-refractivity contribution in [2.24, 2.45) is 0 Å². The molecule has 26 heavy (non-hydrogen) atoms. The Bertz CT molecular complexity index is 852. The minimum absolute atomic E-state index is 0.0767. The number of rotatable bonds is 8. The van der Waals surface area contributed by atoms with Crippen molar-refractivity contribution < 1.29 is 9.53 Å². The van der Waals surface area contributed by atoms with Crippen molar-refractivity contribution >= 4 is 28.2 Å². The normalized spacial score (nSPS) is 10.3. The summed E-state index contributed by atoms with van der Waals surface area (Å²) in [5.74, 6) is 1.46. The van der Waals surface area contributed by atoms with E-state index in [0.29, 0.717) is 13.2 Å². The van der Waals surface area contributed by atoms with Crippen molar-refractivity contribution in [2.75, 3.05) is 18.5 Å². The topological polar surface area (TPSA) is 76.1 Å². The third kappa shape index (κ3) is 5.56. The van der Waals surface area contributed by atoms with Gasteiger partial charge in [-0.3, -0.25) is 4.79 Å². The number of para-hydroxylation sites is 1. The van der Waals surface area contributed by atoms with Gasteiger partial charge in [0.2, 0.25) is 5.91 Å². The molecule has 1 aromatic carbocycles. The van der Waals surface area contributed by atoms with Crippen LogP contribution in [0.2, 0.25) is 0 Å². The predicted octanol–water partition coefficient (Wildman–Crippen LogP) is 3.33. The van der Waals surface area contributed by atoms with Crippen molar-refractivity contribution in [3.8, 4) is 5.75 Å². The first-order chi connectivity index (χ1) is 12.7. The van der Waals surface area contributed by atoms with Gasteiger partial charge in [-0.05, 0) is 31.2 Å². The first-order valence-corrected chi connectivity index (χ1v) is 9.16. The van der Waals surface area contributed by atoms with Crippen LogP contribution in [0, 0.1) is 6.92 Å². The van der Waals surface area contributed by atoms with Crippen LogP contribution >= 0.6 is 11.3 Å². The Morgan fingerprint density at radius 1 is 1.12 bits per heavy atom. The van der Waals surface area contributed by atoms with Crippen molar-refractivity contribution in [1.29, 1.82) is 0 Å². The van der Waals surface area contributed by atoms with E-state index in [1.165, 1.54) is 11.3 Å². The molecule has 6 nitrogen and oxygen atoms in total. The number of carbonyl (C=O) groups excluding carboxylic acids is 1. The standard InChI is InChI=1S/C19H20N4O2S/c1-14-6-5-9-17(21-14)23-19-22-15(13-26-19)12-18(24)20-10-11-25-16-7-3-2-4-8-16/h2-9,13H,10-12H2,1H3,(H,20,24)(H,21,22,23). The van der Waals surface area contributed by atoms with Crippen LogP contribution in [0.5, 0.6) is 5.75 Å². The van der Waals surface area contributed by atoms with E-state index in [9.17, 15) is 4.79 Å². The number of carbonyl (C=O) groups is 1. The van der Waals surface area contributed by atoms with Crippen LogP contribution < -0.4 is 15.4 Å². The van der Waals surface area contributed by atoms with Crippen LogP contribution in [0.15, 0.2) is 53.9 Å². The average molecular weight is 368 g/mol. The number of amides is 1. The molecule has 3 rings (SSSR count). The second-order valence-electron chi connectivity index (χ2n) is 5.62. The summed E-state index contributed by atoms with van der Waals surface area (Å²) in [4.78, 5) is 20.8. The molecule has 0 bridgehead atoms. The predicted molar refractivity (Wildman–Crippen MR) is 103 cm³/mol. The number of nitrogens with one attached hydrogen (secondary N) is 2. The van der Waals surface area contributed by atoms with Gasteiger partial charge in [0, 0.05) is 11.1 Å². The van der Waals surface area contributed by atoms with Gasteiger partial charge in [0.15, 0.2) is 5.13 Å². The van der Waals surface area contributed by atoms with E-state index in [1.54, 1.807) is 0 Å². The highest BCUT2D eigenvalue weighted by molar-refractivity contribution is 7.13. The lowest BCUT2D eigenvalue weighted by Crippen LogP contribution is -2.29. The molecule has 0 unspecified atom stereocenters. The summed E-state index contributed by atoms with van der Waals surface area (Å²) in [7, 11) is 0. The quantitative estimate of drug-likeness (QED) is 0.597. The zero-order chi connectivity index (χ0) is 18.2. The molecule has 3 aromatic rings. The first-order valence-electron chi connectivity index (χ1n) is 8.29. The van der Waals surface area contributed by atoms with Crippen LogP contribution in [0.25, 0.3) is 0 Å². The lowest BCUT2D eigenvalue weighted by Gasteiger charge is -2.07. The van der Waals surface area contributed by atoms with Gasteiger partial charge in [-0.25, -0.2) is 9.97 Å². The van der Waals surface area contributed by atoms with E-state index in [2.05, 4.69) is 20.6 Å². The van der Waals surface area contributed by atoms with E-state index >= 15 is 0 Å². The average Bonchev–Trinajstić information content (AvgIpc) is 3.06. The Labute approximate surface area is 156 Å². The Hall–Kier alpha value is -2.93. The molecule has 134 valence electrons. The molecule has 0 fully saturated rings. The molecule has 0 radical (unpaired) electrons. The van der Waals surface area contributed by atoms with Gasteiger partial charge in [0.05, 0.1) is 18.7 Å². The second-order valence-corrected chi connectivity index (χ2v) is 6.48. The zero-order valence-electron chi connectivity index (χ0n) is 14.4. The number of hydrogen-bond acceptors (Lipinski definition) is 6. The number of benzene rings is 1. The minimum Gasteiger partial charge on any atom is -0.492 e. The molecule has 2 aromatic heterocycles. The van der Waals surface area contributed by atoms with Crippen LogP contribution in [0.3, 0.4) is 0 Å². The van der Waals surface area contributed by atoms with Gasteiger partial charge in [-0.2, -0.15) is 0 Å². The van der Waals surface area contributed by atoms with E-state index in [-0.39, 0.29) is 12.3 Å². The summed E-state index contributed by atoms with van der Waals surface area (Å²) < 4.78 is 5.54. The van der Waals surface area contributed by atoms with E-state index in [4.69, 9.17) is 4.74 Å². The third-order valence-electron chi connectivity index (χ3n) is 3.45. The molecule has 2 N–H and O–H groups in total. The molecule has 0 saturated heterocycles. The SMILES string of the molecule is Cc1cccc(Nc2nc(CC(=O)NCCOc3ccccc3)cs2)n1. The van der Waals surface area contributed by atoms with Crippen LogP contribution in [-0.2, 0) is 11.2 Å². The molecule has 0 aliphatic carbocycles. The van der Waals surface area contributed by atoms with Crippen molar-refractivity contribution in [2.45, 2.75) is 13.3 Å². The molecule has 1 amide bonds. The van der Waals surface area contributed by atoms with Gasteiger partial charge < -0.3 is 15.4 Å². The summed E-state index contributed by atoms with van der Waals surface area (Å²) in [6.07, 6.45) is 0.241. The van der Waals surface area contributed by atoms with Gasteiger partial charge >= 0.3 is 0 Å². The maximum absolute atomic E-state index is 12.0. The van der Waals surface area contributed by atoms with Crippen LogP contribution in [0.1, 0.15) is 11.4 Å². The number of hydrogen-bond donors (Lipinski definition) is 2. The zero-order valence-corrected chi connectivity index (χ0v) is 15.3. The van der Waals surface area contributed by atoms with Crippen molar-refractivity contribution in [1.82, 2.24) is 15.3 Å². The highest BCUT2D eigenvalue weighted by Gasteiger charge is 2.08. The molecule has 0 aliphatic rings. The number of aryl methyl sites for hydroxylation is 1. The number of pyridine rings is 1. The second kappa shape index (κ2) is 8.96. The Kier molecular flexibility index (Phi) is 6.16. The van der Waals surface area contributed by atoms with Gasteiger partial charge in [-0.15, -0.1) is 11.3 Å². The highest BCUT2D eigenvalue weighted by atomic mass is 32.1. The molecule has 0 aliphatic heterocycles. The molecule has 0 saturated carbocycles. The minimum atomic E-state index is -0.0767. The Balaban J connectivity index is 1.41. The third-order valence-corrected chi connectivity index (χ3v) is 4.26. The largest absolute Gasteiger partial charge is 0.492 e. The summed E-state index contributed by atoms with van der Waals surface area (Å²) in [5.41, 5.74) is 1.66. The molecule has 0 atom stereocenters. The monoisotopic (exact) mass is 368 g/mol. The van der Waals surface area contributed by atoms with Crippen LogP contribution in [0.4, 0.5) is 10.9 Å².